The van der Waals surface area contributed by atoms with Crippen molar-refractivity contribution >= 4 is 174 Å². The van der Waals surface area contributed by atoms with Gasteiger partial charge in [-0.15, -0.1) is 0 Å². The Kier molecular flexibility index (Phi) is 33.1. The molecule has 0 unspecified atom stereocenters. The lowest BCUT2D eigenvalue weighted by molar-refractivity contribution is 0.0524. The summed E-state index contributed by atoms with van der Waals surface area (Å²) in [7, 11) is 4.55. The summed E-state index contributed by atoms with van der Waals surface area (Å²) in [6.45, 7) is 22.5. The number of nitrogens with two attached hydrogens (primary N) is 3. The molecule has 13 aromatic heterocycles. The number of esters is 1. The number of anilines is 9. The van der Waals surface area contributed by atoms with Crippen molar-refractivity contribution in [1.82, 2.24) is 87.9 Å². The van der Waals surface area contributed by atoms with E-state index in [1.807, 2.05) is 41.5 Å². The number of pyridine rings is 3. The van der Waals surface area contributed by atoms with Crippen LogP contribution in [0.4, 0.5) is 66.4 Å². The molecular formula is C91H109Cl4N27O16. The number of ketones is 3. The highest BCUT2D eigenvalue weighted by atomic mass is 35.5. The van der Waals surface area contributed by atoms with Gasteiger partial charge >= 0.3 is 30.2 Å². The predicted molar refractivity (Wildman–Crippen MR) is 518 cm³/mol. The molecule has 0 atom stereocenters. The molecule has 6 fully saturated rings. The second-order valence-electron chi connectivity index (χ2n) is 35.3. The van der Waals surface area contributed by atoms with Gasteiger partial charge in [-0.05, 0) is 203 Å². The molecule has 138 heavy (non-hydrogen) atoms. The van der Waals surface area contributed by atoms with Crippen molar-refractivity contribution in [2.24, 2.45) is 11.5 Å². The summed E-state index contributed by atoms with van der Waals surface area (Å²) >= 11 is 23.6. The summed E-state index contributed by atoms with van der Waals surface area (Å²) in [6.07, 6.45) is 22.7. The summed E-state index contributed by atoms with van der Waals surface area (Å²) < 4.78 is 44.6. The van der Waals surface area contributed by atoms with Crippen LogP contribution in [0.1, 0.15) is 219 Å². The molecule has 6 aliphatic rings. The maximum absolute atomic E-state index is 13.2. The molecule has 0 saturated heterocycles. The number of fused-ring (bicyclic) bond motifs is 5. The van der Waals surface area contributed by atoms with Crippen molar-refractivity contribution in [3.63, 3.8) is 0 Å². The number of hydrogen-bond donors (Lipinski definition) is 7. The average Bonchev–Trinajstić information content (AvgIpc) is 1.66. The Labute approximate surface area is 812 Å². The molecule has 43 nitrogen and oxygen atoms in total. The maximum atomic E-state index is 13.2. The fourth-order valence-corrected chi connectivity index (χ4v) is 13.5. The molecule has 19 rings (SSSR count). The van der Waals surface area contributed by atoms with Gasteiger partial charge in [0.1, 0.15) is 94.8 Å². The third kappa shape index (κ3) is 27.7. The highest BCUT2D eigenvalue weighted by Gasteiger charge is 2.43. The number of amides is 3. The summed E-state index contributed by atoms with van der Waals surface area (Å²) in [5.74, 6) is 1.80. The fraction of sp³-hybridized carbons (Fsp3) is 0.418. The van der Waals surface area contributed by atoms with E-state index in [2.05, 4.69) is 81.3 Å². The number of halogens is 4. The van der Waals surface area contributed by atoms with Crippen LogP contribution >= 0.6 is 46.4 Å². The lowest BCUT2D eigenvalue weighted by atomic mass is 10.2. The summed E-state index contributed by atoms with van der Waals surface area (Å²) in [5, 5.41) is 41.2. The number of carbonyl (C=O) groups is 8. The van der Waals surface area contributed by atoms with Gasteiger partial charge in [-0.2, -0.15) is 43.6 Å². The van der Waals surface area contributed by atoms with Gasteiger partial charge in [0.2, 0.25) is 17.6 Å². The molecule has 3 amide bonds. The molecule has 47 heteroatoms. The molecule has 13 heterocycles. The van der Waals surface area contributed by atoms with E-state index in [1.165, 1.54) is 121 Å². The third-order valence-corrected chi connectivity index (χ3v) is 20.7. The molecule has 0 aliphatic heterocycles. The zero-order valence-electron chi connectivity index (χ0n) is 78.8. The van der Waals surface area contributed by atoms with Crippen molar-refractivity contribution < 1.29 is 76.6 Å². The first kappa shape index (κ1) is 103. The number of carboxylic acid groups (broad SMARTS) is 1. The predicted octanol–water partition coefficient (Wildman–Crippen LogP) is 16.2. The lowest BCUT2D eigenvalue weighted by Crippen LogP contribution is -2.39. The number of methoxy groups -OCH3 is 3. The maximum Gasteiger partial charge on any atom is 0.416 e. The highest BCUT2D eigenvalue weighted by molar-refractivity contribution is 6.33. The molecular weight excluding hydrogens is 1870 g/mol. The van der Waals surface area contributed by atoms with Gasteiger partial charge in [-0.3, -0.25) is 29.1 Å². The quantitative estimate of drug-likeness (QED) is 0.0152. The lowest BCUT2D eigenvalue weighted by Gasteiger charge is -2.28. The molecule has 13 aromatic rings. The van der Waals surface area contributed by atoms with Gasteiger partial charge < -0.3 is 71.4 Å². The number of aromatic nitrogens is 18. The van der Waals surface area contributed by atoms with Crippen LogP contribution in [0.5, 0.6) is 17.6 Å². The summed E-state index contributed by atoms with van der Waals surface area (Å²) in [4.78, 5) is 136. The van der Waals surface area contributed by atoms with Crippen molar-refractivity contribution in [2.75, 3.05) is 64.3 Å². The topological polar surface area (TPSA) is 535 Å². The van der Waals surface area contributed by atoms with Crippen molar-refractivity contribution in [3.8, 4) is 17.6 Å². The Morgan fingerprint density at radius 3 is 1.13 bits per heavy atom. The number of nitrogen functional groups attached to an aromatic ring is 1. The van der Waals surface area contributed by atoms with Crippen LogP contribution in [0.15, 0.2) is 116 Å². The smallest absolute Gasteiger partial charge is 0.416 e. The number of ether oxygens (including phenoxy) is 7. The normalized spacial score (nSPS) is 14.1. The molecule has 732 valence electrons. The minimum absolute atomic E-state index is 0.0338. The van der Waals surface area contributed by atoms with E-state index in [0.717, 1.165) is 57.2 Å². The van der Waals surface area contributed by atoms with Crippen LogP contribution in [0.2, 0.25) is 20.6 Å². The number of nitrogens with zero attached hydrogens (tertiary/aromatic N) is 21. The van der Waals surface area contributed by atoms with E-state index in [4.69, 9.17) is 96.8 Å². The van der Waals surface area contributed by atoms with Crippen LogP contribution in [-0.4, -0.2) is 222 Å². The monoisotopic (exact) mass is 1980 g/mol. The van der Waals surface area contributed by atoms with Gasteiger partial charge in [0, 0.05) is 85.2 Å². The molecule has 10 N–H and O–H groups in total. The first-order valence-electron chi connectivity index (χ1n) is 44.0. The van der Waals surface area contributed by atoms with E-state index >= 15 is 0 Å². The van der Waals surface area contributed by atoms with E-state index in [1.54, 1.807) is 128 Å². The first-order valence-corrected chi connectivity index (χ1v) is 45.6. The third-order valence-electron chi connectivity index (χ3n) is 19.9. The Morgan fingerprint density at radius 1 is 0.442 bits per heavy atom. The van der Waals surface area contributed by atoms with E-state index < -0.39 is 47.0 Å². The molecule has 0 bridgehead atoms. The minimum Gasteiger partial charge on any atom is -0.480 e. The number of Topliss-reactive ketones (excluding diaryl/α,β-unsaturated/α-hetero) is 3. The van der Waals surface area contributed by atoms with Crippen molar-refractivity contribution in [3.05, 3.63) is 165 Å². The fourth-order valence-electron chi connectivity index (χ4n) is 12.6. The van der Waals surface area contributed by atoms with Gasteiger partial charge in [0.25, 0.3) is 0 Å². The van der Waals surface area contributed by atoms with Crippen LogP contribution in [0, 0.1) is 0 Å². The van der Waals surface area contributed by atoms with Gasteiger partial charge in [-0.1, -0.05) is 46.4 Å². The van der Waals surface area contributed by atoms with Crippen molar-refractivity contribution in [1.29, 1.82) is 0 Å². The highest BCUT2D eigenvalue weighted by Crippen LogP contribution is 2.41. The Bertz CT molecular complexity index is 6610. The minimum atomic E-state index is -1.18. The molecule has 6 saturated carbocycles. The van der Waals surface area contributed by atoms with Crippen LogP contribution in [0.3, 0.4) is 0 Å². The zero-order chi connectivity index (χ0) is 100. The van der Waals surface area contributed by atoms with Crippen LogP contribution in [-0.2, 0) is 18.9 Å². The number of carbonyl (C=O) groups excluding carboxylic acids is 7. The van der Waals surface area contributed by atoms with Gasteiger partial charge in [0.05, 0.1) is 81.3 Å². The van der Waals surface area contributed by atoms with E-state index in [0.29, 0.717) is 126 Å². The van der Waals surface area contributed by atoms with Crippen molar-refractivity contribution in [2.45, 2.75) is 220 Å². The summed E-state index contributed by atoms with van der Waals surface area (Å²) in [6, 6.07) is 20.1. The number of rotatable bonds is 21. The van der Waals surface area contributed by atoms with Crippen LogP contribution < -0.4 is 62.1 Å². The van der Waals surface area contributed by atoms with Gasteiger partial charge in [-0.25, -0.2) is 68.4 Å². The van der Waals surface area contributed by atoms with E-state index in [9.17, 15) is 43.5 Å². The molecule has 0 radical (unpaired) electrons. The average molecular weight is 1980 g/mol. The number of nitrogens with one attached hydrogen (secondary N) is 3. The van der Waals surface area contributed by atoms with E-state index in [-0.39, 0.29) is 74.8 Å². The largest absolute Gasteiger partial charge is 0.480 e. The molecule has 6 aliphatic carbocycles. The molecule has 0 spiro atoms. The van der Waals surface area contributed by atoms with Crippen LogP contribution in [0.25, 0.3) is 28.2 Å². The Morgan fingerprint density at radius 2 is 0.775 bits per heavy atom. The Hall–Kier alpha value is -14.0. The number of carboxylic acids is 1. The second-order valence-corrected chi connectivity index (χ2v) is 36.8. The zero-order valence-corrected chi connectivity index (χ0v) is 81.9. The standard InChI is InChI=1S/C23H28N6O5.C21H24N6O5.C16H19ClN4O3.C11H11ClN4O.C8H5Cl2N3O.C6H8N2O.2C3H7N/c1-6-33-21(30)15-13-25-29-18(28(14-9-10-14)22(31)34-23(2,3)4)12-17(27-19(15)29)26-16-8-7-11-24-20(16)32-5;1-21(2,3)32-20(30)26(12-7-8-12)16-10-15(24-14-6-5-9-22-18(14)31-4)25-17-13(19(28)29)11-23-27(16)17;1-9(22)11-8-18-21-13(7-12(17)19-14(11)21)20(10-5-6-10)15(23)24-16(2,3)4;1-6(17)8-5-13-16-10(14-7-2-3-7)4-9(12)15-11(8)16;1-4(14)5-3-11-13-7(10)2-6(9)12-8(5)13;1-9-6-5(7)3-2-4-8-6;2*4-3-1-2-3/h7-8,11-14H,6,9-10H2,1-5H3,(H,26,27);5-6,9-12H,7-8H2,1-4H3,(H,24,25)(H,28,29);7-8,10H,5-6H2,1-4H3;4-5,7,14H,2-3H2,1H3;2-3H,1H3;2-4H,7H2,1H3;2*3H,1-2,4H2. The second kappa shape index (κ2) is 44.4. The van der Waals surface area contributed by atoms with Gasteiger partial charge in [0.15, 0.2) is 45.6 Å². The number of hydrogen-bond acceptors (Lipinski definition) is 34. The molecule has 0 aromatic carbocycles. The number of aromatic carboxylic acids is 1. The Balaban J connectivity index is 0.000000151. The summed E-state index contributed by atoms with van der Waals surface area (Å²) in [5.41, 5.74) is 18.5. The first-order chi connectivity index (χ1) is 65.4. The SMILES string of the molecule is CC(=O)c1cnn2c(Cl)cc(Cl)nc12.CC(=O)c1cnn2c(N(C(=O)OC(C)(C)C)C3CC3)cc(Cl)nc12.CC(=O)c1cnn2c(NC3CC3)cc(Cl)nc12.CCOC(=O)c1cnn2c(N(C(=O)OC(C)(C)C)C3CC3)cc(Nc3cccnc3OC)nc12.COc1ncccc1N.COc1ncccc1Nc1cc(N(C(=O)OC(C)(C)C)C2CC2)n2ncc(C(=O)O)c2n1.NC1CC1.NC1CC1.